The van der Waals surface area contributed by atoms with E-state index in [1.807, 2.05) is 30.3 Å². The molecule has 0 unspecified atom stereocenters. The van der Waals surface area contributed by atoms with E-state index in [0.29, 0.717) is 43.7 Å². The lowest BCUT2D eigenvalue weighted by atomic mass is 9.97. The van der Waals surface area contributed by atoms with Crippen LogP contribution in [-0.2, 0) is 19.6 Å². The minimum absolute atomic E-state index is 0.0987. The molecule has 0 spiro atoms. The molecule has 2 aromatic rings. The molecule has 0 aliphatic carbocycles. The van der Waals surface area contributed by atoms with E-state index in [2.05, 4.69) is 10.6 Å². The van der Waals surface area contributed by atoms with Crippen LogP contribution in [0.15, 0.2) is 60.0 Å². The quantitative estimate of drug-likeness (QED) is 0.685. The molecule has 8 heteroatoms. The Kier molecular flexibility index (Phi) is 7.59. The number of amides is 2. The highest BCUT2D eigenvalue weighted by molar-refractivity contribution is 7.92. The zero-order valence-electron chi connectivity index (χ0n) is 17.5. The van der Waals surface area contributed by atoms with Crippen molar-refractivity contribution in [2.24, 2.45) is 5.92 Å². The molecular formula is C23H27N3O4S. The summed E-state index contributed by atoms with van der Waals surface area (Å²) in [4.78, 5) is 24.2. The van der Waals surface area contributed by atoms with Crippen LogP contribution in [0.5, 0.6) is 0 Å². The molecule has 2 N–H and O–H groups in total. The average Bonchev–Trinajstić information content (AvgIpc) is 2.78. The summed E-state index contributed by atoms with van der Waals surface area (Å²) in [7, 11) is -3.53. The summed E-state index contributed by atoms with van der Waals surface area (Å²) in [5.74, 6) is -0.507. The molecule has 7 nitrogen and oxygen atoms in total. The number of hydrogen-bond donors (Lipinski definition) is 2. The average molecular weight is 442 g/mol. The Hall–Kier alpha value is -2.97. The molecule has 2 aromatic carbocycles. The van der Waals surface area contributed by atoms with E-state index < -0.39 is 10.0 Å². The minimum Gasteiger partial charge on any atom is -0.326 e. The summed E-state index contributed by atoms with van der Waals surface area (Å²) >= 11 is 0. The molecule has 0 aromatic heterocycles. The molecule has 0 bridgehead atoms. The number of sulfonamides is 1. The fourth-order valence-corrected chi connectivity index (χ4v) is 4.58. The van der Waals surface area contributed by atoms with E-state index in [9.17, 15) is 18.0 Å². The third-order valence-electron chi connectivity index (χ3n) is 5.15. The van der Waals surface area contributed by atoms with Gasteiger partial charge in [-0.3, -0.25) is 9.59 Å². The fourth-order valence-electron chi connectivity index (χ4n) is 3.36. The van der Waals surface area contributed by atoms with Crippen LogP contribution in [0.3, 0.4) is 0 Å². The number of nitrogens with zero attached hydrogens (tertiary/aromatic N) is 1. The third kappa shape index (κ3) is 6.50. The minimum atomic E-state index is -3.53. The Morgan fingerprint density at radius 3 is 2.29 bits per heavy atom. The predicted octanol–water partition coefficient (Wildman–Crippen LogP) is 3.69. The molecule has 0 radical (unpaired) electrons. The van der Waals surface area contributed by atoms with Gasteiger partial charge in [-0.25, -0.2) is 8.42 Å². The van der Waals surface area contributed by atoms with Gasteiger partial charge >= 0.3 is 0 Å². The van der Waals surface area contributed by atoms with E-state index in [1.165, 1.54) is 9.71 Å². The molecule has 1 saturated heterocycles. The third-order valence-corrected chi connectivity index (χ3v) is 6.72. The Balaban J connectivity index is 1.54. The first-order valence-electron chi connectivity index (χ1n) is 10.3. The fraction of sp³-hybridized carbons (Fsp3) is 0.304. The van der Waals surface area contributed by atoms with Crippen LogP contribution in [0.1, 0.15) is 31.7 Å². The van der Waals surface area contributed by atoms with Gasteiger partial charge in [0.05, 0.1) is 0 Å². The molecule has 0 saturated carbocycles. The predicted molar refractivity (Wildman–Crippen MR) is 123 cm³/mol. The second-order valence-electron chi connectivity index (χ2n) is 7.40. The number of piperidine rings is 1. The highest BCUT2D eigenvalue weighted by atomic mass is 32.2. The van der Waals surface area contributed by atoms with Crippen molar-refractivity contribution < 1.29 is 18.0 Å². The van der Waals surface area contributed by atoms with E-state index in [4.69, 9.17) is 0 Å². The van der Waals surface area contributed by atoms with Gasteiger partial charge in [-0.05, 0) is 42.7 Å². The van der Waals surface area contributed by atoms with Crippen molar-refractivity contribution in [2.45, 2.75) is 26.2 Å². The maximum Gasteiger partial charge on any atom is 0.236 e. The summed E-state index contributed by atoms with van der Waals surface area (Å²) in [5.41, 5.74) is 2.04. The van der Waals surface area contributed by atoms with Gasteiger partial charge in [-0.15, -0.1) is 0 Å². The number of carbonyl (C=O) groups is 2. The molecule has 1 aliphatic rings. The topological polar surface area (TPSA) is 95.6 Å². The van der Waals surface area contributed by atoms with Crippen LogP contribution in [0.25, 0.3) is 6.08 Å². The summed E-state index contributed by atoms with van der Waals surface area (Å²) in [5, 5.41) is 6.85. The summed E-state index contributed by atoms with van der Waals surface area (Å²) in [6.07, 6.45) is 2.87. The SMILES string of the molecule is CCC(=O)Nc1cccc(NC(=O)C2CCN(S(=O)(=O)/C=C/c3ccccc3)CC2)c1. The van der Waals surface area contributed by atoms with Crippen molar-refractivity contribution in [1.29, 1.82) is 0 Å². The second kappa shape index (κ2) is 10.4. The van der Waals surface area contributed by atoms with Crippen molar-refractivity contribution in [3.63, 3.8) is 0 Å². The summed E-state index contributed by atoms with van der Waals surface area (Å²) < 4.78 is 26.6. The summed E-state index contributed by atoms with van der Waals surface area (Å²) in [6.45, 7) is 2.36. The van der Waals surface area contributed by atoms with Crippen molar-refractivity contribution in [3.05, 3.63) is 65.6 Å². The zero-order chi connectivity index (χ0) is 22.3. The number of carbonyl (C=O) groups excluding carboxylic acids is 2. The van der Waals surface area contributed by atoms with Gasteiger partial charge in [-0.2, -0.15) is 4.31 Å². The first kappa shape index (κ1) is 22.7. The second-order valence-corrected chi connectivity index (χ2v) is 9.22. The highest BCUT2D eigenvalue weighted by Crippen LogP contribution is 2.23. The number of anilines is 2. The molecule has 164 valence electrons. The number of rotatable bonds is 7. The van der Waals surface area contributed by atoms with E-state index in [0.717, 1.165) is 5.56 Å². The van der Waals surface area contributed by atoms with Crippen LogP contribution >= 0.6 is 0 Å². The molecule has 2 amide bonds. The Labute approximate surface area is 183 Å². The lowest BCUT2D eigenvalue weighted by Gasteiger charge is -2.29. The zero-order valence-corrected chi connectivity index (χ0v) is 18.3. The van der Waals surface area contributed by atoms with Crippen LogP contribution in [-0.4, -0.2) is 37.6 Å². The highest BCUT2D eigenvalue weighted by Gasteiger charge is 2.30. The first-order valence-corrected chi connectivity index (χ1v) is 11.8. The first-order chi connectivity index (χ1) is 14.9. The van der Waals surface area contributed by atoms with E-state index >= 15 is 0 Å². The number of hydrogen-bond acceptors (Lipinski definition) is 4. The lowest BCUT2D eigenvalue weighted by Crippen LogP contribution is -2.40. The monoisotopic (exact) mass is 441 g/mol. The van der Waals surface area contributed by atoms with Gasteiger partial charge < -0.3 is 10.6 Å². The Morgan fingerprint density at radius 2 is 1.65 bits per heavy atom. The van der Waals surface area contributed by atoms with Gasteiger partial charge in [0.15, 0.2) is 0 Å². The number of nitrogens with one attached hydrogen (secondary N) is 2. The van der Waals surface area contributed by atoms with Gasteiger partial charge in [-0.1, -0.05) is 43.3 Å². The molecule has 3 rings (SSSR count). The van der Waals surface area contributed by atoms with Crippen molar-refractivity contribution in [3.8, 4) is 0 Å². The van der Waals surface area contributed by atoms with Crippen LogP contribution in [0, 0.1) is 5.92 Å². The van der Waals surface area contributed by atoms with Crippen molar-refractivity contribution in [2.75, 3.05) is 23.7 Å². The lowest BCUT2D eigenvalue weighted by molar-refractivity contribution is -0.121. The largest absolute Gasteiger partial charge is 0.326 e. The van der Waals surface area contributed by atoms with Gasteiger partial charge in [0, 0.05) is 42.2 Å². The summed E-state index contributed by atoms with van der Waals surface area (Å²) in [6, 6.07) is 16.2. The molecule has 1 fully saturated rings. The normalized spacial score (nSPS) is 15.6. The molecule has 31 heavy (non-hydrogen) atoms. The van der Waals surface area contributed by atoms with Gasteiger partial charge in [0.2, 0.25) is 21.8 Å². The maximum atomic E-state index is 12.6. The van der Waals surface area contributed by atoms with Crippen LogP contribution in [0.4, 0.5) is 11.4 Å². The van der Waals surface area contributed by atoms with Gasteiger partial charge in [0.25, 0.3) is 0 Å². The molecule has 0 atom stereocenters. The van der Waals surface area contributed by atoms with Crippen LogP contribution < -0.4 is 10.6 Å². The molecule has 1 aliphatic heterocycles. The van der Waals surface area contributed by atoms with E-state index in [-0.39, 0.29) is 17.7 Å². The molecular weight excluding hydrogens is 414 g/mol. The molecule has 1 heterocycles. The number of benzene rings is 2. The smallest absolute Gasteiger partial charge is 0.236 e. The van der Waals surface area contributed by atoms with Crippen molar-refractivity contribution in [1.82, 2.24) is 4.31 Å². The maximum absolute atomic E-state index is 12.6. The van der Waals surface area contributed by atoms with Crippen molar-refractivity contribution >= 4 is 39.3 Å². The Bertz CT molecular complexity index is 1040. The van der Waals surface area contributed by atoms with E-state index in [1.54, 1.807) is 37.3 Å². The standard InChI is InChI=1S/C23H27N3O4S/c1-2-22(27)24-20-9-6-10-21(17-20)25-23(28)19-11-14-26(15-12-19)31(29,30)16-13-18-7-4-3-5-8-18/h3-10,13,16-17,19H,2,11-12,14-15H2,1H3,(H,24,27)(H,25,28)/b16-13+. The van der Waals surface area contributed by atoms with Crippen LogP contribution in [0.2, 0.25) is 0 Å². The van der Waals surface area contributed by atoms with Gasteiger partial charge in [0.1, 0.15) is 0 Å². The Morgan fingerprint density at radius 1 is 1.00 bits per heavy atom.